The monoisotopic (exact) mass is 353 g/mol. The molecule has 0 bridgehead atoms. The van der Waals surface area contributed by atoms with E-state index in [9.17, 15) is 9.90 Å². The van der Waals surface area contributed by atoms with Crippen LogP contribution in [0.25, 0.3) is 10.8 Å². The predicted molar refractivity (Wildman–Crippen MR) is 102 cm³/mol. The number of hydrogen-bond donors (Lipinski definition) is 1. The number of aromatic hydroxyl groups is 1. The van der Waals surface area contributed by atoms with Gasteiger partial charge in [0.15, 0.2) is 11.4 Å². The van der Waals surface area contributed by atoms with Gasteiger partial charge in [0.1, 0.15) is 11.5 Å². The minimum absolute atomic E-state index is 0.0708. The molecule has 0 spiro atoms. The first-order valence-electron chi connectivity index (χ1n) is 8.63. The van der Waals surface area contributed by atoms with Gasteiger partial charge in [-0.2, -0.15) is 0 Å². The quantitative estimate of drug-likeness (QED) is 0.649. The molecule has 3 rings (SSSR count). The van der Waals surface area contributed by atoms with Crippen LogP contribution in [-0.2, 0) is 4.74 Å². The van der Waals surface area contributed by atoms with Gasteiger partial charge in [0.05, 0.1) is 6.61 Å². The number of para-hydroxylation sites is 1. The van der Waals surface area contributed by atoms with Crippen molar-refractivity contribution >= 4 is 16.7 Å². The van der Waals surface area contributed by atoms with Crippen LogP contribution >= 0.6 is 0 Å². The maximum Gasteiger partial charge on any atom is 0.360 e. The molecule has 0 aliphatic heterocycles. The largest absolute Gasteiger partial charge is 0.505 e. The van der Waals surface area contributed by atoms with Gasteiger partial charge in [-0.15, -0.1) is 0 Å². The molecule has 1 N–H and O–H groups in total. The molecule has 0 saturated heterocycles. The molecule has 3 aromatic rings. The fraction of sp³-hybridized carbons (Fsp3) is 0.238. The van der Waals surface area contributed by atoms with E-state index < -0.39 is 5.97 Å². The van der Waals surface area contributed by atoms with Crippen molar-refractivity contribution in [2.24, 2.45) is 0 Å². The highest BCUT2D eigenvalue weighted by atomic mass is 16.5. The number of rotatable bonds is 4. The zero-order valence-electron chi connectivity index (χ0n) is 15.4. The first-order chi connectivity index (χ1) is 12.6. The van der Waals surface area contributed by atoms with Gasteiger partial charge in [-0.05, 0) is 44.2 Å². The molecule has 5 nitrogen and oxygen atoms in total. The van der Waals surface area contributed by atoms with Crippen molar-refractivity contribution in [1.82, 2.24) is 4.98 Å². The smallest absolute Gasteiger partial charge is 0.360 e. The molecule has 136 valence electrons. The van der Waals surface area contributed by atoms with E-state index in [0.29, 0.717) is 22.2 Å². The number of nitrogens with zero attached hydrogens (tertiary/aromatic N) is 1. The number of aryl methyl sites for hydroxylation is 1. The Balaban J connectivity index is 0.00000117. The van der Waals surface area contributed by atoms with Crippen LogP contribution in [0.4, 0.5) is 0 Å². The molecule has 0 aliphatic carbocycles. The first kappa shape index (κ1) is 19.2. The molecule has 0 aliphatic rings. The van der Waals surface area contributed by atoms with E-state index in [1.807, 2.05) is 44.2 Å². The number of aromatic nitrogens is 1. The van der Waals surface area contributed by atoms with Crippen molar-refractivity contribution in [2.45, 2.75) is 27.7 Å². The van der Waals surface area contributed by atoms with Gasteiger partial charge in [0.2, 0.25) is 0 Å². The first-order valence-corrected chi connectivity index (χ1v) is 8.63. The van der Waals surface area contributed by atoms with Gasteiger partial charge < -0.3 is 14.6 Å². The van der Waals surface area contributed by atoms with Crippen molar-refractivity contribution in [2.75, 3.05) is 6.61 Å². The third-order valence-electron chi connectivity index (χ3n) is 3.59. The third-order valence-corrected chi connectivity index (χ3v) is 3.59. The van der Waals surface area contributed by atoms with Gasteiger partial charge in [-0.3, -0.25) is 0 Å². The van der Waals surface area contributed by atoms with Crippen LogP contribution in [0.5, 0.6) is 17.2 Å². The van der Waals surface area contributed by atoms with E-state index >= 15 is 0 Å². The van der Waals surface area contributed by atoms with Crippen LogP contribution in [0.15, 0.2) is 48.5 Å². The standard InChI is InChI=1S/C19H17NO4.C2H6/c1-3-23-19(22)17-18(21)15-10-9-14(11-16(15)12(2)20-17)24-13-7-5-4-6-8-13;1-2/h4-11,21H,3H2,1-2H3;1-2H3. The van der Waals surface area contributed by atoms with Gasteiger partial charge in [-0.1, -0.05) is 32.0 Å². The van der Waals surface area contributed by atoms with Gasteiger partial charge in [0, 0.05) is 16.5 Å². The number of pyridine rings is 1. The summed E-state index contributed by atoms with van der Waals surface area (Å²) >= 11 is 0. The van der Waals surface area contributed by atoms with Crippen LogP contribution in [0.2, 0.25) is 0 Å². The van der Waals surface area contributed by atoms with Crippen LogP contribution in [0, 0.1) is 6.92 Å². The highest BCUT2D eigenvalue weighted by Crippen LogP contribution is 2.33. The molecule has 1 aromatic heterocycles. The zero-order valence-corrected chi connectivity index (χ0v) is 15.4. The topological polar surface area (TPSA) is 68.7 Å². The highest BCUT2D eigenvalue weighted by Gasteiger charge is 2.19. The molecule has 2 aromatic carbocycles. The lowest BCUT2D eigenvalue weighted by molar-refractivity contribution is 0.0516. The van der Waals surface area contributed by atoms with Crippen LogP contribution < -0.4 is 4.74 Å². The molecule has 0 unspecified atom stereocenters. The van der Waals surface area contributed by atoms with Crippen molar-refractivity contribution < 1.29 is 19.4 Å². The van der Waals surface area contributed by atoms with E-state index in [1.165, 1.54) is 0 Å². The lowest BCUT2D eigenvalue weighted by atomic mass is 10.1. The van der Waals surface area contributed by atoms with Crippen molar-refractivity contribution in [3.8, 4) is 17.2 Å². The van der Waals surface area contributed by atoms with E-state index in [-0.39, 0.29) is 18.1 Å². The SMILES string of the molecule is CC.CCOC(=O)c1nc(C)c2cc(Oc3ccccc3)ccc2c1O. The Labute approximate surface area is 153 Å². The van der Waals surface area contributed by atoms with Crippen molar-refractivity contribution in [3.63, 3.8) is 0 Å². The molecular weight excluding hydrogens is 330 g/mol. The Kier molecular flexibility index (Phi) is 6.55. The molecule has 0 amide bonds. The lowest BCUT2D eigenvalue weighted by Crippen LogP contribution is -2.08. The summed E-state index contributed by atoms with van der Waals surface area (Å²) in [5.74, 6) is 0.529. The Morgan fingerprint density at radius 1 is 1.04 bits per heavy atom. The number of benzene rings is 2. The van der Waals surface area contributed by atoms with Crippen LogP contribution in [-0.4, -0.2) is 22.7 Å². The van der Waals surface area contributed by atoms with E-state index in [4.69, 9.17) is 9.47 Å². The Morgan fingerprint density at radius 3 is 2.38 bits per heavy atom. The van der Waals surface area contributed by atoms with Gasteiger partial charge >= 0.3 is 5.97 Å². The fourth-order valence-corrected chi connectivity index (χ4v) is 2.47. The molecule has 1 heterocycles. The predicted octanol–water partition coefficient (Wildman–Crippen LogP) is 5.24. The summed E-state index contributed by atoms with van der Waals surface area (Å²) in [7, 11) is 0. The zero-order chi connectivity index (χ0) is 19.1. The lowest BCUT2D eigenvalue weighted by Gasteiger charge is -2.11. The molecule has 0 fully saturated rings. The van der Waals surface area contributed by atoms with E-state index in [1.54, 1.807) is 32.0 Å². The van der Waals surface area contributed by atoms with Gasteiger partial charge in [0.25, 0.3) is 0 Å². The number of hydrogen-bond acceptors (Lipinski definition) is 5. The number of ether oxygens (including phenoxy) is 2. The van der Waals surface area contributed by atoms with Crippen molar-refractivity contribution in [3.05, 3.63) is 59.9 Å². The average Bonchev–Trinajstić information content (AvgIpc) is 2.67. The molecule has 0 atom stereocenters. The Morgan fingerprint density at radius 2 is 1.73 bits per heavy atom. The minimum Gasteiger partial charge on any atom is -0.505 e. The second-order valence-corrected chi connectivity index (χ2v) is 5.24. The highest BCUT2D eigenvalue weighted by molar-refractivity contribution is 6.00. The molecule has 26 heavy (non-hydrogen) atoms. The molecule has 0 radical (unpaired) electrons. The minimum atomic E-state index is -0.635. The van der Waals surface area contributed by atoms with Crippen LogP contribution in [0.1, 0.15) is 37.0 Å². The van der Waals surface area contributed by atoms with Crippen LogP contribution in [0.3, 0.4) is 0 Å². The second-order valence-electron chi connectivity index (χ2n) is 5.24. The number of carbonyl (C=O) groups excluding carboxylic acids is 1. The maximum absolute atomic E-state index is 11.9. The normalized spacial score (nSPS) is 10.0. The van der Waals surface area contributed by atoms with E-state index in [2.05, 4.69) is 4.98 Å². The summed E-state index contributed by atoms with van der Waals surface area (Å²) in [6.45, 7) is 7.70. The fourth-order valence-electron chi connectivity index (χ4n) is 2.47. The summed E-state index contributed by atoms with van der Waals surface area (Å²) < 4.78 is 10.7. The molecular formula is C21H23NO4. The maximum atomic E-state index is 11.9. The summed E-state index contributed by atoms with van der Waals surface area (Å²) in [5, 5.41) is 11.6. The second kappa shape index (κ2) is 8.85. The summed E-state index contributed by atoms with van der Waals surface area (Å²) in [4.78, 5) is 16.1. The van der Waals surface area contributed by atoms with Crippen molar-refractivity contribution in [1.29, 1.82) is 0 Å². The van der Waals surface area contributed by atoms with Gasteiger partial charge in [-0.25, -0.2) is 9.78 Å². The average molecular weight is 353 g/mol. The number of fused-ring (bicyclic) bond motifs is 1. The molecule has 0 saturated carbocycles. The summed E-state index contributed by atoms with van der Waals surface area (Å²) in [5.41, 5.74) is 0.544. The number of esters is 1. The summed E-state index contributed by atoms with van der Waals surface area (Å²) in [6, 6.07) is 14.6. The molecule has 5 heteroatoms. The summed E-state index contributed by atoms with van der Waals surface area (Å²) in [6.07, 6.45) is 0. The third kappa shape index (κ3) is 4.11. The Bertz CT molecular complexity index is 891. The Hall–Kier alpha value is -3.08. The number of carbonyl (C=O) groups is 1. The van der Waals surface area contributed by atoms with E-state index in [0.717, 1.165) is 5.75 Å².